The predicted molar refractivity (Wildman–Crippen MR) is 119 cm³/mol. The van der Waals surface area contributed by atoms with E-state index in [2.05, 4.69) is 15.4 Å². The van der Waals surface area contributed by atoms with Crippen LogP contribution in [0.3, 0.4) is 0 Å². The maximum atomic E-state index is 12.8. The maximum Gasteiger partial charge on any atom is 0.408 e. The summed E-state index contributed by atoms with van der Waals surface area (Å²) in [7, 11) is 0. The van der Waals surface area contributed by atoms with Crippen molar-refractivity contribution in [1.29, 1.82) is 0 Å². The second-order valence-corrected chi connectivity index (χ2v) is 7.75. The summed E-state index contributed by atoms with van der Waals surface area (Å²) in [4.78, 5) is 17.2. The lowest BCUT2D eigenvalue weighted by Gasteiger charge is -2.12. The van der Waals surface area contributed by atoms with E-state index in [4.69, 9.17) is 4.74 Å². The van der Waals surface area contributed by atoms with Crippen LogP contribution in [0.5, 0.6) is 5.75 Å². The summed E-state index contributed by atoms with van der Waals surface area (Å²) in [5, 5.41) is 7.36. The van der Waals surface area contributed by atoms with Crippen LogP contribution in [0.15, 0.2) is 67.1 Å². The van der Waals surface area contributed by atoms with E-state index in [1.165, 1.54) is 12.4 Å². The van der Waals surface area contributed by atoms with Crippen LogP contribution in [-0.2, 0) is 6.54 Å². The molecule has 0 radical (unpaired) electrons. The zero-order chi connectivity index (χ0) is 23.6. The van der Waals surface area contributed by atoms with Crippen molar-refractivity contribution in [3.8, 4) is 16.9 Å². The summed E-state index contributed by atoms with van der Waals surface area (Å²) in [6.07, 6.45) is -0.0609. The Labute approximate surface area is 188 Å². The number of nitrogens with one attached hydrogen (secondary N) is 1. The Bertz CT molecular complexity index is 1280. The average Bonchev–Trinajstić information content (AvgIpc) is 3.20. The predicted octanol–water partition coefficient (Wildman–Crippen LogP) is 5.70. The van der Waals surface area contributed by atoms with E-state index in [1.54, 1.807) is 54.7 Å². The lowest BCUT2D eigenvalue weighted by Crippen LogP contribution is -2.17. The number of para-hydroxylation sites is 1. The molecule has 33 heavy (non-hydrogen) atoms. The fourth-order valence-electron chi connectivity index (χ4n) is 3.45. The van der Waals surface area contributed by atoms with Crippen LogP contribution < -0.4 is 10.1 Å². The lowest BCUT2D eigenvalue weighted by molar-refractivity contribution is -0.142. The van der Waals surface area contributed by atoms with Crippen LogP contribution in [0.4, 0.5) is 18.9 Å². The third-order valence-corrected chi connectivity index (χ3v) is 4.79. The van der Waals surface area contributed by atoms with Crippen LogP contribution in [-0.4, -0.2) is 33.0 Å². The smallest absolute Gasteiger partial charge is 0.408 e. The van der Waals surface area contributed by atoms with Gasteiger partial charge in [-0.25, -0.2) is 0 Å². The third kappa shape index (κ3) is 5.31. The van der Waals surface area contributed by atoms with Gasteiger partial charge in [-0.05, 0) is 55.8 Å². The van der Waals surface area contributed by atoms with Gasteiger partial charge in [0.05, 0.1) is 23.5 Å². The highest BCUT2D eigenvalue weighted by Crippen LogP contribution is 2.31. The van der Waals surface area contributed by atoms with Gasteiger partial charge in [0.1, 0.15) is 12.3 Å². The third-order valence-electron chi connectivity index (χ3n) is 4.79. The minimum absolute atomic E-state index is 0.0289. The monoisotopic (exact) mass is 454 g/mol. The summed E-state index contributed by atoms with van der Waals surface area (Å²) < 4.78 is 44.5. The van der Waals surface area contributed by atoms with Crippen molar-refractivity contribution in [3.05, 3.63) is 72.7 Å². The van der Waals surface area contributed by atoms with Gasteiger partial charge >= 0.3 is 6.18 Å². The number of halogens is 3. The molecule has 0 aliphatic rings. The van der Waals surface area contributed by atoms with Gasteiger partial charge in [-0.3, -0.25) is 14.5 Å². The molecule has 0 atom stereocenters. The van der Waals surface area contributed by atoms with Crippen molar-refractivity contribution in [2.75, 3.05) is 5.32 Å². The highest BCUT2D eigenvalue weighted by molar-refractivity contribution is 6.10. The molecule has 9 heteroatoms. The molecule has 0 saturated carbocycles. The molecule has 0 aliphatic heterocycles. The van der Waals surface area contributed by atoms with E-state index >= 15 is 0 Å². The quantitative estimate of drug-likeness (QED) is 0.406. The van der Waals surface area contributed by atoms with E-state index in [1.807, 2.05) is 13.8 Å². The van der Waals surface area contributed by atoms with Gasteiger partial charge in [0, 0.05) is 28.9 Å². The molecule has 170 valence electrons. The molecule has 0 aliphatic carbocycles. The van der Waals surface area contributed by atoms with E-state index < -0.39 is 12.7 Å². The highest BCUT2D eigenvalue weighted by Gasteiger charge is 2.28. The van der Waals surface area contributed by atoms with Crippen LogP contribution in [0.25, 0.3) is 22.0 Å². The number of rotatable bonds is 6. The van der Waals surface area contributed by atoms with Crippen LogP contribution in [0, 0.1) is 0 Å². The molecule has 1 amide bonds. The summed E-state index contributed by atoms with van der Waals surface area (Å²) >= 11 is 0. The molecule has 0 bridgehead atoms. The fraction of sp³-hybridized carbons (Fsp3) is 0.208. The first-order chi connectivity index (χ1) is 15.7. The topological polar surface area (TPSA) is 69.0 Å². The fourth-order valence-corrected chi connectivity index (χ4v) is 3.45. The van der Waals surface area contributed by atoms with Crippen molar-refractivity contribution < 1.29 is 22.7 Å². The zero-order valence-electron chi connectivity index (χ0n) is 17.9. The molecule has 1 N–H and O–H groups in total. The maximum absolute atomic E-state index is 12.8. The molecule has 0 fully saturated rings. The van der Waals surface area contributed by atoms with Gasteiger partial charge in [-0.15, -0.1) is 0 Å². The molecule has 0 spiro atoms. The number of nitrogens with zero attached hydrogens (tertiary/aromatic N) is 3. The van der Waals surface area contributed by atoms with Gasteiger partial charge in [0.15, 0.2) is 0 Å². The molecule has 2 aromatic carbocycles. The number of hydrogen-bond acceptors (Lipinski definition) is 4. The van der Waals surface area contributed by atoms with Crippen molar-refractivity contribution >= 4 is 22.5 Å². The van der Waals surface area contributed by atoms with Crippen molar-refractivity contribution in [3.63, 3.8) is 0 Å². The molecule has 2 heterocycles. The zero-order valence-corrected chi connectivity index (χ0v) is 17.9. The van der Waals surface area contributed by atoms with E-state index in [0.717, 1.165) is 4.68 Å². The van der Waals surface area contributed by atoms with Gasteiger partial charge in [0.2, 0.25) is 0 Å². The Balaban J connectivity index is 1.61. The number of fused-ring (bicyclic) bond motifs is 1. The molecular weight excluding hydrogens is 433 g/mol. The van der Waals surface area contributed by atoms with E-state index in [-0.39, 0.29) is 12.0 Å². The average molecular weight is 454 g/mol. The second-order valence-electron chi connectivity index (χ2n) is 7.75. The number of anilines is 1. The van der Waals surface area contributed by atoms with Gasteiger partial charge in [-0.1, -0.05) is 12.1 Å². The number of carbonyl (C=O) groups excluding carboxylic acids is 1. The summed E-state index contributed by atoms with van der Waals surface area (Å²) in [6, 6.07) is 13.8. The number of pyridine rings is 1. The molecule has 2 aromatic heterocycles. The molecule has 6 nitrogen and oxygen atoms in total. The van der Waals surface area contributed by atoms with E-state index in [9.17, 15) is 18.0 Å². The lowest BCUT2D eigenvalue weighted by atomic mass is 10.0. The minimum Gasteiger partial charge on any atom is -0.491 e. The molecular formula is C24H21F3N4O2. The summed E-state index contributed by atoms with van der Waals surface area (Å²) in [5.41, 5.74) is 2.65. The molecule has 0 saturated heterocycles. The summed E-state index contributed by atoms with van der Waals surface area (Å²) in [5.74, 6) is 0.355. The van der Waals surface area contributed by atoms with Gasteiger partial charge in [-0.2, -0.15) is 18.3 Å². The van der Waals surface area contributed by atoms with Gasteiger partial charge < -0.3 is 10.1 Å². The van der Waals surface area contributed by atoms with E-state index in [0.29, 0.717) is 39.0 Å². The van der Waals surface area contributed by atoms with Crippen LogP contribution >= 0.6 is 0 Å². The van der Waals surface area contributed by atoms with Crippen LogP contribution in [0.1, 0.15) is 24.2 Å². The SMILES string of the molecule is CC(C)Oc1ccc(C(=O)Nc2cccc3c(-c4cnn(CC(F)(F)F)c4)ccnc23)cc1. The van der Waals surface area contributed by atoms with Crippen molar-refractivity contribution in [2.24, 2.45) is 0 Å². The Kier molecular flexibility index (Phi) is 6.04. The number of alkyl halides is 3. The number of hydrogen-bond donors (Lipinski definition) is 1. The Morgan fingerprint density at radius 2 is 1.88 bits per heavy atom. The first-order valence-corrected chi connectivity index (χ1v) is 10.2. The number of carbonyl (C=O) groups is 1. The molecule has 0 unspecified atom stereocenters. The van der Waals surface area contributed by atoms with Crippen molar-refractivity contribution in [2.45, 2.75) is 32.7 Å². The first kappa shape index (κ1) is 22.3. The number of amides is 1. The number of ether oxygens (including phenoxy) is 1. The normalized spacial score (nSPS) is 11.7. The molecule has 4 aromatic rings. The number of benzene rings is 2. The standard InChI is InChI=1S/C24H21F3N4O2/c1-15(2)33-18-8-6-16(7-9-18)23(32)30-21-5-3-4-20-19(10-11-28-22(20)21)17-12-29-31(13-17)14-24(25,26)27/h3-13,15H,14H2,1-2H3,(H,30,32). The largest absolute Gasteiger partial charge is 0.491 e. The second kappa shape index (κ2) is 8.93. The number of aromatic nitrogens is 3. The Hall–Kier alpha value is -3.88. The van der Waals surface area contributed by atoms with Gasteiger partial charge in [0.25, 0.3) is 5.91 Å². The Morgan fingerprint density at radius 3 is 2.58 bits per heavy atom. The van der Waals surface area contributed by atoms with Crippen molar-refractivity contribution in [1.82, 2.24) is 14.8 Å². The first-order valence-electron chi connectivity index (χ1n) is 10.2. The minimum atomic E-state index is -4.36. The Morgan fingerprint density at radius 1 is 1.12 bits per heavy atom. The highest BCUT2D eigenvalue weighted by atomic mass is 19.4. The van der Waals surface area contributed by atoms with Crippen LogP contribution in [0.2, 0.25) is 0 Å². The summed E-state index contributed by atoms with van der Waals surface area (Å²) in [6.45, 7) is 2.67. The molecule has 4 rings (SSSR count).